The largest absolute Gasteiger partial charge is 0.339 e. The summed E-state index contributed by atoms with van der Waals surface area (Å²) in [6.07, 6.45) is 8.24. The number of rotatable bonds is 4. The molecule has 0 amide bonds. The minimum atomic E-state index is 0.128. The van der Waals surface area contributed by atoms with E-state index in [-0.39, 0.29) is 5.41 Å². The Balaban J connectivity index is 1.76. The quantitative estimate of drug-likeness (QED) is 0.860. The van der Waals surface area contributed by atoms with Gasteiger partial charge in [-0.05, 0) is 24.8 Å². The maximum Gasteiger partial charge on any atom is 0.239 e. The van der Waals surface area contributed by atoms with E-state index in [1.165, 1.54) is 25.6 Å². The Hall–Kier alpha value is -1.76. The van der Waals surface area contributed by atoms with Gasteiger partial charge < -0.3 is 10.3 Å². The number of nitrogens with two attached hydrogens (primary N) is 1. The van der Waals surface area contributed by atoms with Crippen molar-refractivity contribution < 1.29 is 4.52 Å². The van der Waals surface area contributed by atoms with Crippen molar-refractivity contribution in [3.63, 3.8) is 0 Å². The van der Waals surface area contributed by atoms with Crippen LogP contribution < -0.4 is 5.73 Å². The van der Waals surface area contributed by atoms with Gasteiger partial charge in [0.1, 0.15) is 6.33 Å². The molecule has 3 rings (SSSR count). The standard InChI is InChI=1S/C12H18N6O/c13-7-12(4-2-1-3-5-12)6-9-16-11(18-19-9)10-14-8-15-17-10/h8H,1-7,13H2,(H,14,15,17). The predicted molar refractivity (Wildman–Crippen MR) is 68.0 cm³/mol. The minimum Gasteiger partial charge on any atom is -0.339 e. The molecular formula is C12H18N6O. The molecule has 2 aromatic heterocycles. The zero-order valence-corrected chi connectivity index (χ0v) is 10.8. The summed E-state index contributed by atoms with van der Waals surface area (Å²) < 4.78 is 5.31. The van der Waals surface area contributed by atoms with E-state index in [9.17, 15) is 0 Å². The second-order valence-electron chi connectivity index (χ2n) is 5.29. The Kier molecular flexibility index (Phi) is 3.29. The molecule has 0 bridgehead atoms. The van der Waals surface area contributed by atoms with Crippen molar-refractivity contribution in [2.75, 3.05) is 6.54 Å². The third-order valence-electron chi connectivity index (χ3n) is 3.97. The second kappa shape index (κ2) is 5.08. The minimum absolute atomic E-state index is 0.128. The van der Waals surface area contributed by atoms with Gasteiger partial charge in [0.25, 0.3) is 0 Å². The molecule has 2 heterocycles. The summed E-state index contributed by atoms with van der Waals surface area (Å²) in [4.78, 5) is 8.38. The molecule has 102 valence electrons. The number of nitrogens with one attached hydrogen (secondary N) is 1. The van der Waals surface area contributed by atoms with Crippen molar-refractivity contribution >= 4 is 0 Å². The average Bonchev–Trinajstić information content (AvgIpc) is 3.10. The normalized spacial score (nSPS) is 18.6. The zero-order chi connectivity index (χ0) is 13.1. The van der Waals surface area contributed by atoms with Crippen molar-refractivity contribution in [1.82, 2.24) is 25.3 Å². The SMILES string of the molecule is NCC1(Cc2nc(-c3ncn[nH]3)no2)CCCCC1. The van der Waals surface area contributed by atoms with E-state index in [0.717, 1.165) is 19.3 Å². The summed E-state index contributed by atoms with van der Waals surface area (Å²) in [5, 5.41) is 10.4. The number of H-pyrrole nitrogens is 1. The molecule has 1 saturated carbocycles. The number of hydrogen-bond acceptors (Lipinski definition) is 6. The lowest BCUT2D eigenvalue weighted by atomic mass is 9.72. The lowest BCUT2D eigenvalue weighted by Gasteiger charge is -2.34. The van der Waals surface area contributed by atoms with Gasteiger partial charge in [-0.3, -0.25) is 5.10 Å². The lowest BCUT2D eigenvalue weighted by molar-refractivity contribution is 0.177. The molecule has 0 aliphatic heterocycles. The van der Waals surface area contributed by atoms with Gasteiger partial charge in [-0.25, -0.2) is 4.98 Å². The second-order valence-corrected chi connectivity index (χ2v) is 5.29. The molecule has 2 aromatic rings. The van der Waals surface area contributed by atoms with E-state index in [1.54, 1.807) is 0 Å². The average molecular weight is 262 g/mol. The van der Waals surface area contributed by atoms with Crippen LogP contribution in [0.2, 0.25) is 0 Å². The molecule has 1 aliphatic carbocycles. The zero-order valence-electron chi connectivity index (χ0n) is 10.8. The summed E-state index contributed by atoms with van der Waals surface area (Å²) in [6.45, 7) is 0.674. The van der Waals surface area contributed by atoms with Gasteiger partial charge in [-0.1, -0.05) is 24.4 Å². The molecule has 0 aromatic carbocycles. The fraction of sp³-hybridized carbons (Fsp3) is 0.667. The van der Waals surface area contributed by atoms with Gasteiger partial charge in [0.2, 0.25) is 11.7 Å². The number of aromatic amines is 1. The lowest BCUT2D eigenvalue weighted by Crippen LogP contribution is -2.35. The summed E-state index contributed by atoms with van der Waals surface area (Å²) in [5.74, 6) is 1.62. The highest BCUT2D eigenvalue weighted by molar-refractivity contribution is 5.39. The first-order chi connectivity index (χ1) is 9.31. The van der Waals surface area contributed by atoms with E-state index in [4.69, 9.17) is 10.3 Å². The molecule has 1 aliphatic rings. The highest BCUT2D eigenvalue weighted by Gasteiger charge is 2.33. The number of hydrogen-bond donors (Lipinski definition) is 2. The van der Waals surface area contributed by atoms with Crippen LogP contribution in [0.25, 0.3) is 11.6 Å². The van der Waals surface area contributed by atoms with Crippen LogP contribution in [-0.4, -0.2) is 31.9 Å². The van der Waals surface area contributed by atoms with Crippen LogP contribution in [0, 0.1) is 5.41 Å². The Bertz CT molecular complexity index is 514. The maximum atomic E-state index is 5.97. The third kappa shape index (κ3) is 2.51. The molecule has 7 nitrogen and oxygen atoms in total. The van der Waals surface area contributed by atoms with E-state index in [1.807, 2.05) is 0 Å². The summed E-state index contributed by atoms with van der Waals surface area (Å²) in [5.41, 5.74) is 6.10. The van der Waals surface area contributed by atoms with Crippen molar-refractivity contribution in [3.05, 3.63) is 12.2 Å². The van der Waals surface area contributed by atoms with Gasteiger partial charge in [0, 0.05) is 6.42 Å². The topological polar surface area (TPSA) is 107 Å². The molecule has 0 atom stereocenters. The van der Waals surface area contributed by atoms with Crippen LogP contribution >= 0.6 is 0 Å². The van der Waals surface area contributed by atoms with Gasteiger partial charge in [0.05, 0.1) is 0 Å². The van der Waals surface area contributed by atoms with E-state index < -0.39 is 0 Å². The molecule has 0 spiro atoms. The summed E-state index contributed by atoms with van der Waals surface area (Å²) in [6, 6.07) is 0. The molecule has 3 N–H and O–H groups in total. The van der Waals surface area contributed by atoms with Gasteiger partial charge >= 0.3 is 0 Å². The van der Waals surface area contributed by atoms with Crippen LogP contribution in [-0.2, 0) is 6.42 Å². The van der Waals surface area contributed by atoms with Crippen LogP contribution in [0.15, 0.2) is 10.9 Å². The molecule has 0 unspecified atom stereocenters. The Morgan fingerprint density at radius 1 is 1.32 bits per heavy atom. The first-order valence-electron chi connectivity index (χ1n) is 6.70. The monoisotopic (exact) mass is 262 g/mol. The summed E-state index contributed by atoms with van der Waals surface area (Å²) in [7, 11) is 0. The fourth-order valence-corrected chi connectivity index (χ4v) is 2.81. The fourth-order valence-electron chi connectivity index (χ4n) is 2.81. The van der Waals surface area contributed by atoms with E-state index in [0.29, 0.717) is 24.1 Å². The Labute approximate surface area is 111 Å². The third-order valence-corrected chi connectivity index (χ3v) is 3.97. The molecular weight excluding hydrogens is 244 g/mol. The molecule has 0 radical (unpaired) electrons. The summed E-state index contributed by atoms with van der Waals surface area (Å²) >= 11 is 0. The van der Waals surface area contributed by atoms with Crippen LogP contribution in [0.4, 0.5) is 0 Å². The van der Waals surface area contributed by atoms with Crippen molar-refractivity contribution in [2.45, 2.75) is 38.5 Å². The predicted octanol–water partition coefficient (Wildman–Crippen LogP) is 1.31. The molecule has 0 saturated heterocycles. The van der Waals surface area contributed by atoms with Crippen LogP contribution in [0.5, 0.6) is 0 Å². The number of nitrogens with zero attached hydrogens (tertiary/aromatic N) is 4. The van der Waals surface area contributed by atoms with Gasteiger partial charge in [-0.15, -0.1) is 0 Å². The van der Waals surface area contributed by atoms with E-state index >= 15 is 0 Å². The highest BCUT2D eigenvalue weighted by atomic mass is 16.5. The van der Waals surface area contributed by atoms with Crippen LogP contribution in [0.1, 0.15) is 38.0 Å². The maximum absolute atomic E-state index is 5.97. The Morgan fingerprint density at radius 2 is 2.16 bits per heavy atom. The van der Waals surface area contributed by atoms with Gasteiger partial charge in [0.15, 0.2) is 5.82 Å². The Morgan fingerprint density at radius 3 is 2.84 bits per heavy atom. The smallest absolute Gasteiger partial charge is 0.239 e. The van der Waals surface area contributed by atoms with Crippen molar-refractivity contribution in [1.29, 1.82) is 0 Å². The van der Waals surface area contributed by atoms with Crippen LogP contribution in [0.3, 0.4) is 0 Å². The number of aromatic nitrogens is 5. The van der Waals surface area contributed by atoms with Crippen molar-refractivity contribution in [3.8, 4) is 11.6 Å². The van der Waals surface area contributed by atoms with Gasteiger partial charge in [-0.2, -0.15) is 10.1 Å². The molecule has 19 heavy (non-hydrogen) atoms. The van der Waals surface area contributed by atoms with Crippen molar-refractivity contribution in [2.24, 2.45) is 11.1 Å². The first-order valence-corrected chi connectivity index (χ1v) is 6.70. The highest BCUT2D eigenvalue weighted by Crippen LogP contribution is 2.38. The van der Waals surface area contributed by atoms with E-state index in [2.05, 4.69) is 25.3 Å². The molecule has 7 heteroatoms. The first kappa shape index (κ1) is 12.3. The molecule has 1 fully saturated rings.